The molecule has 1 saturated heterocycles. The highest BCUT2D eigenvalue weighted by Crippen LogP contribution is 2.40. The van der Waals surface area contributed by atoms with Crippen molar-refractivity contribution in [2.75, 3.05) is 56.2 Å². The van der Waals surface area contributed by atoms with Crippen LogP contribution in [0.15, 0.2) is 23.1 Å². The Balaban J connectivity index is 2.00. The molecule has 0 aliphatic carbocycles. The maximum absolute atomic E-state index is 13.3. The van der Waals surface area contributed by atoms with Gasteiger partial charge in [-0.15, -0.1) is 0 Å². The Labute approximate surface area is 184 Å². The lowest BCUT2D eigenvalue weighted by atomic mass is 9.96. The highest BCUT2D eigenvalue weighted by molar-refractivity contribution is 7.89. The summed E-state index contributed by atoms with van der Waals surface area (Å²) in [5, 5.41) is 2.74. The maximum atomic E-state index is 13.3. The summed E-state index contributed by atoms with van der Waals surface area (Å²) >= 11 is 0. The molecule has 0 spiro atoms. The molecule has 31 heavy (non-hydrogen) atoms. The number of anilines is 2. The molecule has 172 valence electrons. The standard InChI is InChI=1S/C21H32N4O5S/c1-4-23(5-2)31(28,29)16-9-10-17-19(14-16)25(15-20(26)22-11-13-30-3)21(27)18-8-6-7-12-24(17)18/h9-10,14,18H,4-8,11-13,15H2,1-3H3,(H,22,26). The van der Waals surface area contributed by atoms with E-state index in [-0.39, 0.29) is 29.3 Å². The fourth-order valence-electron chi connectivity index (χ4n) is 4.27. The van der Waals surface area contributed by atoms with Gasteiger partial charge in [0.25, 0.3) is 0 Å². The lowest BCUT2D eigenvalue weighted by Gasteiger charge is -2.45. The topological polar surface area (TPSA) is 99.3 Å². The molecular formula is C21H32N4O5S. The van der Waals surface area contributed by atoms with E-state index in [1.54, 1.807) is 33.1 Å². The van der Waals surface area contributed by atoms with Gasteiger partial charge in [0.05, 0.1) is 22.9 Å². The third-order valence-electron chi connectivity index (χ3n) is 5.87. The first-order valence-corrected chi connectivity index (χ1v) is 12.3. The van der Waals surface area contributed by atoms with Crippen LogP contribution in [0.4, 0.5) is 11.4 Å². The number of amides is 2. The van der Waals surface area contributed by atoms with Gasteiger partial charge in [0.2, 0.25) is 21.8 Å². The van der Waals surface area contributed by atoms with Crippen molar-refractivity contribution in [2.45, 2.75) is 44.0 Å². The van der Waals surface area contributed by atoms with E-state index in [4.69, 9.17) is 4.74 Å². The Kier molecular flexibility index (Phi) is 7.55. The highest BCUT2D eigenvalue weighted by Gasteiger charge is 2.40. The summed E-state index contributed by atoms with van der Waals surface area (Å²) in [6.07, 6.45) is 2.64. The number of nitrogens with zero attached hydrogens (tertiary/aromatic N) is 3. The van der Waals surface area contributed by atoms with E-state index >= 15 is 0 Å². The first-order chi connectivity index (χ1) is 14.8. The monoisotopic (exact) mass is 452 g/mol. The lowest BCUT2D eigenvalue weighted by molar-refractivity contribution is -0.125. The number of piperidine rings is 1. The molecule has 1 fully saturated rings. The molecule has 2 aliphatic rings. The van der Waals surface area contributed by atoms with Gasteiger partial charge in [0.1, 0.15) is 12.6 Å². The Hall–Kier alpha value is -2.17. The number of carbonyl (C=O) groups is 2. The second-order valence-electron chi connectivity index (χ2n) is 7.71. The average molecular weight is 453 g/mol. The van der Waals surface area contributed by atoms with E-state index in [2.05, 4.69) is 5.32 Å². The van der Waals surface area contributed by atoms with Crippen LogP contribution in [-0.2, 0) is 24.3 Å². The summed E-state index contributed by atoms with van der Waals surface area (Å²) in [5.41, 5.74) is 1.27. The fourth-order valence-corrected chi connectivity index (χ4v) is 5.74. The van der Waals surface area contributed by atoms with Crippen molar-refractivity contribution in [1.29, 1.82) is 0 Å². The molecule has 0 radical (unpaired) electrons. The molecule has 2 heterocycles. The van der Waals surface area contributed by atoms with Crippen molar-refractivity contribution >= 4 is 33.2 Å². The number of sulfonamides is 1. The molecule has 0 aromatic heterocycles. The van der Waals surface area contributed by atoms with Crippen LogP contribution in [0.2, 0.25) is 0 Å². The number of hydrogen-bond acceptors (Lipinski definition) is 6. The first kappa shape index (κ1) is 23.5. The zero-order chi connectivity index (χ0) is 22.6. The van der Waals surface area contributed by atoms with E-state index in [0.717, 1.165) is 31.5 Å². The van der Waals surface area contributed by atoms with Crippen molar-refractivity contribution in [3.05, 3.63) is 18.2 Å². The molecule has 1 N–H and O–H groups in total. The van der Waals surface area contributed by atoms with Gasteiger partial charge in [-0.25, -0.2) is 8.42 Å². The third kappa shape index (κ3) is 4.70. The van der Waals surface area contributed by atoms with Crippen LogP contribution >= 0.6 is 0 Å². The normalized spacial score (nSPS) is 18.7. The summed E-state index contributed by atoms with van der Waals surface area (Å²) < 4.78 is 32.5. The van der Waals surface area contributed by atoms with Crippen molar-refractivity contribution in [3.63, 3.8) is 0 Å². The van der Waals surface area contributed by atoms with Gasteiger partial charge >= 0.3 is 0 Å². The summed E-state index contributed by atoms with van der Waals surface area (Å²) in [7, 11) is -2.14. The summed E-state index contributed by atoms with van der Waals surface area (Å²) in [6, 6.07) is 4.59. The molecule has 10 heteroatoms. The number of fused-ring (bicyclic) bond motifs is 3. The van der Waals surface area contributed by atoms with Crippen LogP contribution in [-0.4, -0.2) is 77.0 Å². The summed E-state index contributed by atoms with van der Waals surface area (Å²) in [4.78, 5) is 29.4. The van der Waals surface area contributed by atoms with Crippen LogP contribution in [0.1, 0.15) is 33.1 Å². The quantitative estimate of drug-likeness (QED) is 0.565. The number of rotatable bonds is 9. The highest BCUT2D eigenvalue weighted by atomic mass is 32.2. The number of methoxy groups -OCH3 is 1. The molecular weight excluding hydrogens is 420 g/mol. The molecule has 9 nitrogen and oxygen atoms in total. The largest absolute Gasteiger partial charge is 0.383 e. The molecule has 0 saturated carbocycles. The van der Waals surface area contributed by atoms with Gasteiger partial charge < -0.3 is 15.0 Å². The van der Waals surface area contributed by atoms with Crippen LogP contribution in [0.25, 0.3) is 0 Å². The summed E-state index contributed by atoms with van der Waals surface area (Å²) in [5.74, 6) is -0.468. The number of ether oxygens (including phenoxy) is 1. The minimum atomic E-state index is -3.69. The Morgan fingerprint density at radius 2 is 1.97 bits per heavy atom. The maximum Gasteiger partial charge on any atom is 0.250 e. The second kappa shape index (κ2) is 9.97. The molecule has 1 unspecified atom stereocenters. The van der Waals surface area contributed by atoms with Crippen molar-refractivity contribution in [2.24, 2.45) is 0 Å². The zero-order valence-electron chi connectivity index (χ0n) is 18.5. The van der Waals surface area contributed by atoms with Crippen LogP contribution in [0.5, 0.6) is 0 Å². The number of hydrogen-bond donors (Lipinski definition) is 1. The van der Waals surface area contributed by atoms with Crippen LogP contribution in [0.3, 0.4) is 0 Å². The first-order valence-electron chi connectivity index (χ1n) is 10.8. The van der Waals surface area contributed by atoms with Gasteiger partial charge in [0.15, 0.2) is 0 Å². The molecule has 2 aliphatic heterocycles. The van der Waals surface area contributed by atoms with Crippen molar-refractivity contribution in [1.82, 2.24) is 9.62 Å². The molecule has 1 aromatic carbocycles. The van der Waals surface area contributed by atoms with Gasteiger partial charge in [-0.05, 0) is 37.5 Å². The zero-order valence-corrected chi connectivity index (χ0v) is 19.3. The minimum Gasteiger partial charge on any atom is -0.383 e. The second-order valence-corrected chi connectivity index (χ2v) is 9.65. The molecule has 2 amide bonds. The lowest BCUT2D eigenvalue weighted by Crippen LogP contribution is -2.57. The summed E-state index contributed by atoms with van der Waals surface area (Å²) in [6.45, 7) is 5.59. The van der Waals surface area contributed by atoms with E-state index in [0.29, 0.717) is 31.9 Å². The van der Waals surface area contributed by atoms with E-state index in [1.807, 2.05) is 4.90 Å². The molecule has 1 aromatic rings. The van der Waals surface area contributed by atoms with Crippen LogP contribution in [0, 0.1) is 0 Å². The predicted octanol–water partition coefficient (Wildman–Crippen LogP) is 1.19. The fraction of sp³-hybridized carbons (Fsp3) is 0.619. The Morgan fingerprint density at radius 3 is 2.65 bits per heavy atom. The minimum absolute atomic E-state index is 0.128. The molecule has 3 rings (SSSR count). The Bertz CT molecular complexity index is 916. The predicted molar refractivity (Wildman–Crippen MR) is 119 cm³/mol. The molecule has 0 bridgehead atoms. The van der Waals surface area contributed by atoms with Gasteiger partial charge in [-0.3, -0.25) is 14.5 Å². The van der Waals surface area contributed by atoms with E-state index in [9.17, 15) is 18.0 Å². The Morgan fingerprint density at radius 1 is 1.23 bits per heavy atom. The average Bonchev–Trinajstić information content (AvgIpc) is 2.77. The van der Waals surface area contributed by atoms with Crippen molar-refractivity contribution in [3.8, 4) is 0 Å². The van der Waals surface area contributed by atoms with Crippen LogP contribution < -0.4 is 15.1 Å². The van der Waals surface area contributed by atoms with Gasteiger partial charge in [-0.2, -0.15) is 4.31 Å². The number of carbonyl (C=O) groups excluding carboxylic acids is 2. The SMILES string of the molecule is CCN(CC)S(=O)(=O)c1ccc2c(c1)N(CC(=O)NCCOC)C(=O)C1CCCCN21. The van der Waals surface area contributed by atoms with Gasteiger partial charge in [-0.1, -0.05) is 13.8 Å². The van der Waals surface area contributed by atoms with Crippen molar-refractivity contribution < 1.29 is 22.7 Å². The smallest absolute Gasteiger partial charge is 0.250 e. The number of nitrogens with one attached hydrogen (secondary N) is 1. The third-order valence-corrected chi connectivity index (χ3v) is 7.92. The number of benzene rings is 1. The van der Waals surface area contributed by atoms with E-state index in [1.165, 1.54) is 15.3 Å². The van der Waals surface area contributed by atoms with Gasteiger partial charge in [0, 0.05) is 33.3 Å². The molecule has 1 atom stereocenters. The van der Waals surface area contributed by atoms with E-state index < -0.39 is 10.0 Å².